The maximum Gasteiger partial charge on any atom is 0.283 e. The topological polar surface area (TPSA) is 87.2 Å². The van der Waals surface area contributed by atoms with Crippen LogP contribution < -0.4 is 10.3 Å². The van der Waals surface area contributed by atoms with Crippen molar-refractivity contribution in [3.05, 3.63) is 58.8 Å². The van der Waals surface area contributed by atoms with Crippen LogP contribution in [0.2, 0.25) is 0 Å². The molecule has 0 aliphatic rings. The minimum Gasteiger partial charge on any atom is -0.497 e. The van der Waals surface area contributed by atoms with Crippen LogP contribution in [0.15, 0.2) is 47.7 Å². The summed E-state index contributed by atoms with van der Waals surface area (Å²) in [5, 5.41) is 12.1. The van der Waals surface area contributed by atoms with Gasteiger partial charge in [0.2, 0.25) is 0 Å². The Morgan fingerprint density at radius 2 is 1.96 bits per heavy atom. The van der Waals surface area contributed by atoms with Crippen LogP contribution >= 0.6 is 0 Å². The van der Waals surface area contributed by atoms with Gasteiger partial charge in [0, 0.05) is 12.6 Å². The highest BCUT2D eigenvalue weighted by molar-refractivity contribution is 5.70. The fourth-order valence-corrected chi connectivity index (χ4v) is 2.55. The molecule has 1 aromatic carbocycles. The molecule has 8 heteroatoms. The second kappa shape index (κ2) is 5.73. The molecule has 0 unspecified atom stereocenters. The normalized spacial score (nSPS) is 11.2. The van der Waals surface area contributed by atoms with Crippen LogP contribution in [0.3, 0.4) is 0 Å². The van der Waals surface area contributed by atoms with Gasteiger partial charge in [-0.3, -0.25) is 9.36 Å². The van der Waals surface area contributed by atoms with E-state index < -0.39 is 0 Å². The number of fused-ring (bicyclic) bond motifs is 3. The second-order valence-electron chi connectivity index (χ2n) is 5.31. The third-order valence-corrected chi connectivity index (χ3v) is 3.87. The summed E-state index contributed by atoms with van der Waals surface area (Å²) >= 11 is 0. The number of nitrogens with zero attached hydrogens (tertiary/aromatic N) is 6. The molecule has 0 saturated heterocycles. The average molecular weight is 322 g/mol. The molecule has 0 amide bonds. The van der Waals surface area contributed by atoms with Gasteiger partial charge in [0.1, 0.15) is 12.1 Å². The van der Waals surface area contributed by atoms with Crippen LogP contribution in [0.5, 0.6) is 5.75 Å². The van der Waals surface area contributed by atoms with E-state index in [1.165, 1.54) is 15.4 Å². The molecule has 4 aromatic rings. The number of ether oxygens (including phenoxy) is 1. The van der Waals surface area contributed by atoms with Crippen molar-refractivity contribution in [3.8, 4) is 5.75 Å². The van der Waals surface area contributed by atoms with Gasteiger partial charge in [-0.2, -0.15) is 9.61 Å². The zero-order valence-corrected chi connectivity index (χ0v) is 13.0. The first kappa shape index (κ1) is 14.3. The van der Waals surface area contributed by atoms with E-state index in [2.05, 4.69) is 20.3 Å². The van der Waals surface area contributed by atoms with E-state index in [1.807, 2.05) is 24.3 Å². The molecule has 0 N–H and O–H groups in total. The molecule has 8 nitrogen and oxygen atoms in total. The lowest BCUT2D eigenvalue weighted by atomic mass is 10.1. The first-order chi connectivity index (χ1) is 11.8. The third-order valence-electron chi connectivity index (χ3n) is 3.87. The van der Waals surface area contributed by atoms with Gasteiger partial charge in [-0.1, -0.05) is 12.1 Å². The molecule has 0 saturated carbocycles. The van der Waals surface area contributed by atoms with E-state index in [0.717, 1.165) is 11.3 Å². The average Bonchev–Trinajstić information content (AvgIpc) is 3.10. The van der Waals surface area contributed by atoms with Crippen LogP contribution in [-0.4, -0.2) is 36.5 Å². The van der Waals surface area contributed by atoms with E-state index in [4.69, 9.17) is 4.74 Å². The van der Waals surface area contributed by atoms with E-state index in [-0.39, 0.29) is 11.1 Å². The fourth-order valence-electron chi connectivity index (χ4n) is 2.55. The van der Waals surface area contributed by atoms with Crippen LogP contribution in [-0.2, 0) is 13.0 Å². The maximum absolute atomic E-state index is 12.6. The summed E-state index contributed by atoms with van der Waals surface area (Å²) in [6.45, 7) is 0.507. The smallest absolute Gasteiger partial charge is 0.283 e. The monoisotopic (exact) mass is 322 g/mol. The standard InChI is InChI=1S/C16H14N6O2/c1-24-12-4-2-11(3-5-12)7-9-21-10-17-15-14(16(21)23)20-19-13-6-8-18-22(13)15/h2-6,8,10H,7,9H2,1H3. The van der Waals surface area contributed by atoms with Gasteiger partial charge in [0.05, 0.1) is 13.3 Å². The zero-order chi connectivity index (χ0) is 16.5. The minimum absolute atomic E-state index is 0.212. The zero-order valence-electron chi connectivity index (χ0n) is 13.0. The van der Waals surface area contributed by atoms with Crippen molar-refractivity contribution in [2.75, 3.05) is 7.11 Å². The van der Waals surface area contributed by atoms with Crippen LogP contribution in [0, 0.1) is 0 Å². The molecule has 0 aliphatic heterocycles. The first-order valence-corrected chi connectivity index (χ1v) is 7.45. The van der Waals surface area contributed by atoms with Crippen LogP contribution in [0.25, 0.3) is 16.8 Å². The SMILES string of the molecule is COc1ccc(CCn2cnc3c(nnc4ccnn43)c2=O)cc1. The Bertz CT molecular complexity index is 1070. The van der Waals surface area contributed by atoms with Crippen LogP contribution in [0.1, 0.15) is 5.56 Å². The van der Waals surface area contributed by atoms with Crippen molar-refractivity contribution in [1.82, 2.24) is 29.4 Å². The molecule has 0 aliphatic carbocycles. The summed E-state index contributed by atoms with van der Waals surface area (Å²) in [4.78, 5) is 16.9. The number of rotatable bonds is 4. The largest absolute Gasteiger partial charge is 0.497 e. The third kappa shape index (κ3) is 2.37. The van der Waals surface area contributed by atoms with Crippen molar-refractivity contribution < 1.29 is 4.74 Å². The highest BCUT2D eigenvalue weighted by Crippen LogP contribution is 2.12. The van der Waals surface area contributed by atoms with Gasteiger partial charge >= 0.3 is 0 Å². The summed E-state index contributed by atoms with van der Waals surface area (Å²) in [7, 11) is 1.63. The van der Waals surface area contributed by atoms with Gasteiger partial charge in [-0.15, -0.1) is 10.2 Å². The molecule has 0 bridgehead atoms. The highest BCUT2D eigenvalue weighted by atomic mass is 16.5. The summed E-state index contributed by atoms with van der Waals surface area (Å²) in [6.07, 6.45) is 3.83. The molecule has 0 spiro atoms. The van der Waals surface area contributed by atoms with E-state index in [0.29, 0.717) is 24.3 Å². The lowest BCUT2D eigenvalue weighted by Gasteiger charge is -2.07. The Morgan fingerprint density at radius 1 is 1.12 bits per heavy atom. The molecule has 3 aromatic heterocycles. The fraction of sp³-hybridized carbons (Fsp3) is 0.188. The number of hydrogen-bond donors (Lipinski definition) is 0. The Balaban J connectivity index is 1.65. The molecule has 3 heterocycles. The van der Waals surface area contributed by atoms with Gasteiger partial charge < -0.3 is 4.74 Å². The predicted molar refractivity (Wildman–Crippen MR) is 87.0 cm³/mol. The number of benzene rings is 1. The van der Waals surface area contributed by atoms with Crippen molar-refractivity contribution in [2.24, 2.45) is 0 Å². The lowest BCUT2D eigenvalue weighted by Crippen LogP contribution is -2.23. The van der Waals surface area contributed by atoms with Crippen molar-refractivity contribution in [2.45, 2.75) is 13.0 Å². The first-order valence-electron chi connectivity index (χ1n) is 7.45. The van der Waals surface area contributed by atoms with E-state index >= 15 is 0 Å². The number of aryl methyl sites for hydroxylation is 2. The van der Waals surface area contributed by atoms with Gasteiger partial charge in [0.15, 0.2) is 16.8 Å². The predicted octanol–water partition coefficient (Wildman–Crippen LogP) is 1.09. The molecule has 4 rings (SSSR count). The number of hydrogen-bond acceptors (Lipinski definition) is 6. The van der Waals surface area contributed by atoms with Gasteiger partial charge in [0.25, 0.3) is 5.56 Å². The molecule has 0 radical (unpaired) electrons. The Labute approximate surface area is 136 Å². The second-order valence-corrected chi connectivity index (χ2v) is 5.31. The lowest BCUT2D eigenvalue weighted by molar-refractivity contribution is 0.414. The Morgan fingerprint density at radius 3 is 2.75 bits per heavy atom. The molecule has 24 heavy (non-hydrogen) atoms. The van der Waals surface area contributed by atoms with Crippen molar-refractivity contribution >= 4 is 16.8 Å². The summed E-state index contributed by atoms with van der Waals surface area (Å²) in [6, 6.07) is 9.47. The Hall–Kier alpha value is -3.29. The van der Waals surface area contributed by atoms with E-state index in [1.54, 1.807) is 19.4 Å². The summed E-state index contributed by atoms with van der Waals surface area (Å²) in [5.41, 5.74) is 2.07. The molecular weight excluding hydrogens is 308 g/mol. The Kier molecular flexibility index (Phi) is 3.42. The van der Waals surface area contributed by atoms with Gasteiger partial charge in [-0.25, -0.2) is 4.98 Å². The van der Waals surface area contributed by atoms with Crippen molar-refractivity contribution in [3.63, 3.8) is 0 Å². The summed E-state index contributed by atoms with van der Waals surface area (Å²) < 4.78 is 8.19. The molecule has 120 valence electrons. The van der Waals surface area contributed by atoms with Crippen LogP contribution in [0.4, 0.5) is 0 Å². The maximum atomic E-state index is 12.6. The van der Waals surface area contributed by atoms with E-state index in [9.17, 15) is 4.79 Å². The molecular formula is C16H14N6O2. The quantitative estimate of drug-likeness (QED) is 0.559. The van der Waals surface area contributed by atoms with Crippen molar-refractivity contribution in [1.29, 1.82) is 0 Å². The number of methoxy groups -OCH3 is 1. The minimum atomic E-state index is -0.224. The molecule has 0 fully saturated rings. The number of aromatic nitrogens is 6. The molecule has 0 atom stereocenters. The highest BCUT2D eigenvalue weighted by Gasteiger charge is 2.10. The summed E-state index contributed by atoms with van der Waals surface area (Å²) in [5.74, 6) is 0.807. The van der Waals surface area contributed by atoms with Gasteiger partial charge in [-0.05, 0) is 24.1 Å².